The molecule has 1 saturated heterocycles. The SMILES string of the molecule is O=C(CCCCc1ccc2c(n1)NCCC2)NCC(NC(=O)C1CN(Sc2cc(Cl)cc(Cl)c2)C1)C(=O)O. The summed E-state index contributed by atoms with van der Waals surface area (Å²) in [5.41, 5.74) is 2.24. The van der Waals surface area contributed by atoms with E-state index < -0.39 is 12.0 Å². The number of carboxylic acid groups (broad SMARTS) is 1. The summed E-state index contributed by atoms with van der Waals surface area (Å²) in [6.45, 7) is 1.71. The Labute approximate surface area is 236 Å². The first-order chi connectivity index (χ1) is 18.3. The van der Waals surface area contributed by atoms with E-state index in [1.807, 2.05) is 10.4 Å². The predicted molar refractivity (Wildman–Crippen MR) is 149 cm³/mol. The monoisotopic (exact) mass is 579 g/mol. The Morgan fingerprint density at radius 3 is 2.66 bits per heavy atom. The van der Waals surface area contributed by atoms with Gasteiger partial charge in [-0.15, -0.1) is 0 Å². The van der Waals surface area contributed by atoms with Crippen molar-refractivity contribution in [1.29, 1.82) is 0 Å². The standard InChI is InChI=1S/C26H31Cl2N5O4S/c27-18-10-19(28)12-21(11-18)38-33-14-17(15-33)25(35)32-22(26(36)37)13-30-23(34)6-2-1-5-20-8-7-16-4-3-9-29-24(16)31-20/h7-8,10-12,17,22H,1-6,9,13-15H2,(H,29,31)(H,30,34)(H,32,35)(H,36,37). The number of amides is 2. The zero-order valence-electron chi connectivity index (χ0n) is 20.8. The number of hydrogen-bond acceptors (Lipinski definition) is 7. The summed E-state index contributed by atoms with van der Waals surface area (Å²) in [6.07, 6.45) is 4.69. The van der Waals surface area contributed by atoms with E-state index in [1.165, 1.54) is 17.5 Å². The zero-order chi connectivity index (χ0) is 27.1. The maximum absolute atomic E-state index is 12.6. The number of carboxylic acids is 1. The van der Waals surface area contributed by atoms with Crippen molar-refractivity contribution >= 4 is 58.8 Å². The number of pyridine rings is 1. The van der Waals surface area contributed by atoms with Crippen molar-refractivity contribution in [3.63, 3.8) is 0 Å². The maximum atomic E-state index is 12.6. The number of aliphatic carboxylic acids is 1. The van der Waals surface area contributed by atoms with Gasteiger partial charge in [-0.05, 0) is 73.9 Å². The molecular formula is C26H31Cl2N5O4S. The van der Waals surface area contributed by atoms with Gasteiger partial charge in [0, 0.05) is 53.2 Å². The van der Waals surface area contributed by atoms with Gasteiger partial charge >= 0.3 is 5.97 Å². The predicted octanol–water partition coefficient (Wildman–Crippen LogP) is 3.78. The minimum atomic E-state index is -1.19. The fourth-order valence-electron chi connectivity index (χ4n) is 4.30. The molecule has 2 aromatic rings. The Morgan fingerprint density at radius 2 is 1.92 bits per heavy atom. The highest BCUT2D eigenvalue weighted by Crippen LogP contribution is 2.33. The lowest BCUT2D eigenvalue weighted by Gasteiger charge is -2.37. The molecule has 0 bridgehead atoms. The third-order valence-electron chi connectivity index (χ3n) is 6.45. The van der Waals surface area contributed by atoms with E-state index >= 15 is 0 Å². The van der Waals surface area contributed by atoms with Crippen molar-refractivity contribution in [2.45, 2.75) is 49.5 Å². The van der Waals surface area contributed by atoms with Crippen molar-refractivity contribution in [2.24, 2.45) is 5.92 Å². The number of hydrogen-bond donors (Lipinski definition) is 4. The van der Waals surface area contributed by atoms with Crippen LogP contribution >= 0.6 is 35.1 Å². The smallest absolute Gasteiger partial charge is 0.328 e. The molecule has 0 aliphatic carbocycles. The molecule has 1 fully saturated rings. The van der Waals surface area contributed by atoms with E-state index in [2.05, 4.69) is 27.0 Å². The van der Waals surface area contributed by atoms with Gasteiger partial charge in [-0.25, -0.2) is 14.1 Å². The van der Waals surface area contributed by atoms with Crippen LogP contribution < -0.4 is 16.0 Å². The highest BCUT2D eigenvalue weighted by atomic mass is 35.5. The summed E-state index contributed by atoms with van der Waals surface area (Å²) >= 11 is 13.5. The lowest BCUT2D eigenvalue weighted by Crippen LogP contribution is -2.56. The summed E-state index contributed by atoms with van der Waals surface area (Å²) < 4.78 is 1.97. The van der Waals surface area contributed by atoms with E-state index in [0.29, 0.717) is 29.6 Å². The molecule has 0 saturated carbocycles. The Morgan fingerprint density at radius 1 is 1.16 bits per heavy atom. The molecule has 4 rings (SSSR count). The summed E-state index contributed by atoms with van der Waals surface area (Å²) in [7, 11) is 0. The minimum absolute atomic E-state index is 0.163. The second-order valence-corrected chi connectivity index (χ2v) is 11.5. The largest absolute Gasteiger partial charge is 0.480 e. The van der Waals surface area contributed by atoms with Crippen LogP contribution in [0.4, 0.5) is 5.82 Å². The van der Waals surface area contributed by atoms with Gasteiger partial charge in [0.2, 0.25) is 11.8 Å². The highest BCUT2D eigenvalue weighted by Gasteiger charge is 2.35. The first kappa shape index (κ1) is 28.5. The Balaban J connectivity index is 1.13. The molecule has 204 valence electrons. The fourth-order valence-corrected chi connectivity index (χ4v) is 6.12. The molecule has 3 heterocycles. The number of halogens is 2. The first-order valence-electron chi connectivity index (χ1n) is 12.7. The van der Waals surface area contributed by atoms with Gasteiger partial charge in [-0.3, -0.25) is 9.59 Å². The summed E-state index contributed by atoms with van der Waals surface area (Å²) in [5.74, 6) is -1.14. The second kappa shape index (κ2) is 13.5. The number of unbranched alkanes of at least 4 members (excludes halogenated alkanes) is 1. The average molecular weight is 581 g/mol. The molecule has 0 spiro atoms. The number of fused-ring (bicyclic) bond motifs is 1. The van der Waals surface area contributed by atoms with Crippen LogP contribution in [0.5, 0.6) is 0 Å². The van der Waals surface area contributed by atoms with Crippen LogP contribution in [0, 0.1) is 5.92 Å². The number of carbonyl (C=O) groups is 3. The second-order valence-electron chi connectivity index (χ2n) is 9.49. The van der Waals surface area contributed by atoms with Crippen molar-refractivity contribution < 1.29 is 19.5 Å². The number of anilines is 1. The first-order valence-corrected chi connectivity index (χ1v) is 14.2. The molecule has 1 aromatic carbocycles. The van der Waals surface area contributed by atoms with Gasteiger partial charge in [-0.2, -0.15) is 0 Å². The third-order valence-corrected chi connectivity index (χ3v) is 7.89. The lowest BCUT2D eigenvalue weighted by atomic mass is 10.0. The Kier molecular flexibility index (Phi) is 10.1. The molecule has 1 atom stereocenters. The fraction of sp³-hybridized carbons (Fsp3) is 0.462. The molecular weight excluding hydrogens is 549 g/mol. The number of benzene rings is 1. The molecule has 1 unspecified atom stereocenters. The van der Waals surface area contributed by atoms with Crippen LogP contribution in [0.2, 0.25) is 10.0 Å². The van der Waals surface area contributed by atoms with Crippen LogP contribution in [-0.4, -0.2) is 64.4 Å². The highest BCUT2D eigenvalue weighted by molar-refractivity contribution is 7.97. The van der Waals surface area contributed by atoms with Gasteiger partial charge in [0.25, 0.3) is 0 Å². The molecule has 2 aliphatic heterocycles. The topological polar surface area (TPSA) is 124 Å². The number of carbonyl (C=O) groups excluding carboxylic acids is 2. The zero-order valence-corrected chi connectivity index (χ0v) is 23.2. The Bertz CT molecular complexity index is 1160. The van der Waals surface area contributed by atoms with Crippen LogP contribution in [0.15, 0.2) is 35.2 Å². The number of aromatic nitrogens is 1. The van der Waals surface area contributed by atoms with Crippen molar-refractivity contribution in [2.75, 3.05) is 31.5 Å². The van der Waals surface area contributed by atoms with Crippen LogP contribution in [0.1, 0.15) is 36.9 Å². The van der Waals surface area contributed by atoms with E-state index in [1.54, 1.807) is 18.2 Å². The lowest BCUT2D eigenvalue weighted by molar-refractivity contribution is -0.143. The molecule has 9 nitrogen and oxygen atoms in total. The van der Waals surface area contributed by atoms with Gasteiger partial charge in [0.15, 0.2) is 0 Å². The van der Waals surface area contributed by atoms with Crippen LogP contribution in [0.25, 0.3) is 0 Å². The van der Waals surface area contributed by atoms with Crippen LogP contribution in [0.3, 0.4) is 0 Å². The average Bonchev–Trinajstić information content (AvgIpc) is 2.85. The van der Waals surface area contributed by atoms with Gasteiger partial charge in [0.05, 0.1) is 5.92 Å². The van der Waals surface area contributed by atoms with Gasteiger partial charge in [0.1, 0.15) is 11.9 Å². The molecule has 12 heteroatoms. The molecule has 38 heavy (non-hydrogen) atoms. The number of nitrogens with one attached hydrogen (secondary N) is 3. The summed E-state index contributed by atoms with van der Waals surface area (Å²) in [4.78, 5) is 42.0. The number of aryl methyl sites for hydroxylation is 2. The normalized spacial score (nSPS) is 16.1. The number of nitrogens with zero attached hydrogens (tertiary/aromatic N) is 2. The third kappa shape index (κ3) is 8.23. The van der Waals surface area contributed by atoms with Crippen molar-refractivity contribution in [3.8, 4) is 0 Å². The van der Waals surface area contributed by atoms with E-state index in [0.717, 1.165) is 48.6 Å². The summed E-state index contributed by atoms with van der Waals surface area (Å²) in [5, 5.41) is 19.1. The van der Waals surface area contributed by atoms with E-state index in [9.17, 15) is 19.5 Å². The summed E-state index contributed by atoms with van der Waals surface area (Å²) in [6, 6.07) is 8.20. The molecule has 1 aromatic heterocycles. The van der Waals surface area contributed by atoms with Crippen LogP contribution in [-0.2, 0) is 27.2 Å². The number of rotatable bonds is 12. The van der Waals surface area contributed by atoms with Crippen molar-refractivity contribution in [1.82, 2.24) is 19.9 Å². The molecule has 2 amide bonds. The molecule has 0 radical (unpaired) electrons. The quantitative estimate of drug-likeness (QED) is 0.221. The molecule has 4 N–H and O–H groups in total. The Hall–Kier alpha value is -2.53. The van der Waals surface area contributed by atoms with Gasteiger partial charge < -0.3 is 21.1 Å². The minimum Gasteiger partial charge on any atom is -0.480 e. The maximum Gasteiger partial charge on any atom is 0.328 e. The van der Waals surface area contributed by atoms with E-state index in [4.69, 9.17) is 23.2 Å². The van der Waals surface area contributed by atoms with Gasteiger partial charge in [-0.1, -0.05) is 29.3 Å². The van der Waals surface area contributed by atoms with E-state index in [-0.39, 0.29) is 30.7 Å². The molecule has 2 aliphatic rings. The van der Waals surface area contributed by atoms with Crippen molar-refractivity contribution in [3.05, 3.63) is 51.6 Å².